The zero-order valence-corrected chi connectivity index (χ0v) is 12.7. The van der Waals surface area contributed by atoms with Crippen molar-refractivity contribution in [3.05, 3.63) is 27.2 Å². The first-order chi connectivity index (χ1) is 8.58. The smallest absolute Gasteiger partial charge is 0.337 e. The zero-order valence-electron chi connectivity index (χ0n) is 10.3. The molecule has 0 spiro atoms. The van der Waals surface area contributed by atoms with Crippen molar-refractivity contribution in [2.45, 2.75) is 30.6 Å². The summed E-state index contributed by atoms with van der Waals surface area (Å²) < 4.78 is 24.2. The van der Waals surface area contributed by atoms with Gasteiger partial charge in [0, 0.05) is 0 Å². The third-order valence-corrected chi connectivity index (χ3v) is 5.98. The molecule has 0 bridgehead atoms. The number of fused-ring (bicyclic) bond motifs is 1. The van der Waals surface area contributed by atoms with E-state index >= 15 is 0 Å². The molecule has 0 atom stereocenters. The van der Waals surface area contributed by atoms with Gasteiger partial charge >= 0.3 is 5.97 Å². The van der Waals surface area contributed by atoms with Crippen LogP contribution >= 0.6 is 23.2 Å². The summed E-state index contributed by atoms with van der Waals surface area (Å²) in [6, 6.07) is 1.10. The van der Waals surface area contributed by atoms with E-state index in [1.165, 1.54) is 0 Å². The SMILES string of the molecule is CC1(C)CCS(=O)(=O)c2c(Cl)cc(C(=O)O)c(Cl)c21. The Morgan fingerprint density at radius 1 is 1.37 bits per heavy atom. The highest BCUT2D eigenvalue weighted by Crippen LogP contribution is 2.46. The van der Waals surface area contributed by atoms with Gasteiger partial charge in [0.15, 0.2) is 9.84 Å². The molecule has 1 aromatic rings. The van der Waals surface area contributed by atoms with E-state index in [2.05, 4.69) is 0 Å². The molecule has 104 valence electrons. The van der Waals surface area contributed by atoms with E-state index in [4.69, 9.17) is 28.3 Å². The lowest BCUT2D eigenvalue weighted by Crippen LogP contribution is -2.31. The second kappa shape index (κ2) is 4.36. The molecule has 0 radical (unpaired) electrons. The quantitative estimate of drug-likeness (QED) is 0.862. The lowest BCUT2D eigenvalue weighted by Gasteiger charge is -2.34. The van der Waals surface area contributed by atoms with Gasteiger partial charge in [-0.15, -0.1) is 0 Å². The first kappa shape index (κ1) is 14.6. The predicted molar refractivity (Wildman–Crippen MR) is 73.1 cm³/mol. The molecule has 4 nitrogen and oxygen atoms in total. The summed E-state index contributed by atoms with van der Waals surface area (Å²) in [5.74, 6) is -1.25. The molecule has 1 aliphatic rings. The van der Waals surface area contributed by atoms with E-state index in [1.54, 1.807) is 0 Å². The molecule has 19 heavy (non-hydrogen) atoms. The van der Waals surface area contributed by atoms with Crippen molar-refractivity contribution in [1.29, 1.82) is 0 Å². The molecule has 2 rings (SSSR count). The molecule has 1 heterocycles. The minimum Gasteiger partial charge on any atom is -0.478 e. The summed E-state index contributed by atoms with van der Waals surface area (Å²) in [7, 11) is -3.52. The van der Waals surface area contributed by atoms with Crippen molar-refractivity contribution in [3.8, 4) is 0 Å². The van der Waals surface area contributed by atoms with Crippen LogP contribution in [0.25, 0.3) is 0 Å². The molecule has 0 fully saturated rings. The van der Waals surface area contributed by atoms with Crippen molar-refractivity contribution in [1.82, 2.24) is 0 Å². The Labute approximate surface area is 121 Å². The number of carbonyl (C=O) groups is 1. The van der Waals surface area contributed by atoms with Crippen LogP contribution in [-0.4, -0.2) is 25.2 Å². The predicted octanol–water partition coefficient (Wildman–Crippen LogP) is 3.15. The number of hydrogen-bond acceptors (Lipinski definition) is 3. The van der Waals surface area contributed by atoms with Gasteiger partial charge in [0.1, 0.15) is 0 Å². The van der Waals surface area contributed by atoms with Crippen LogP contribution in [0.1, 0.15) is 36.2 Å². The van der Waals surface area contributed by atoms with Crippen molar-refractivity contribution >= 4 is 39.0 Å². The van der Waals surface area contributed by atoms with Crippen LogP contribution in [0.5, 0.6) is 0 Å². The highest BCUT2D eigenvalue weighted by molar-refractivity contribution is 7.91. The van der Waals surface area contributed by atoms with Crippen LogP contribution in [0, 0.1) is 0 Å². The number of carboxylic acid groups (broad SMARTS) is 1. The van der Waals surface area contributed by atoms with E-state index in [0.29, 0.717) is 12.0 Å². The highest BCUT2D eigenvalue weighted by atomic mass is 35.5. The molecule has 0 amide bonds. The van der Waals surface area contributed by atoms with Crippen molar-refractivity contribution in [3.63, 3.8) is 0 Å². The number of aromatic carboxylic acids is 1. The summed E-state index contributed by atoms with van der Waals surface area (Å²) >= 11 is 12.1. The number of benzene rings is 1. The Bertz CT molecular complexity index is 677. The minimum absolute atomic E-state index is 0.0184. The molecule has 0 saturated carbocycles. The van der Waals surface area contributed by atoms with Gasteiger partial charge < -0.3 is 5.11 Å². The van der Waals surface area contributed by atoms with E-state index < -0.39 is 21.2 Å². The van der Waals surface area contributed by atoms with Crippen LogP contribution in [0.15, 0.2) is 11.0 Å². The fourth-order valence-electron chi connectivity index (χ4n) is 2.29. The Kier molecular flexibility index (Phi) is 3.36. The molecule has 1 aromatic carbocycles. The number of rotatable bonds is 1. The lowest BCUT2D eigenvalue weighted by molar-refractivity contribution is 0.0696. The number of hydrogen-bond donors (Lipinski definition) is 1. The van der Waals surface area contributed by atoms with Crippen LogP contribution in [0.4, 0.5) is 0 Å². The van der Waals surface area contributed by atoms with Crippen LogP contribution in [-0.2, 0) is 15.3 Å². The molecule has 0 unspecified atom stereocenters. The third kappa shape index (κ3) is 2.24. The monoisotopic (exact) mass is 322 g/mol. The molecule has 1 N–H and O–H groups in total. The largest absolute Gasteiger partial charge is 0.478 e. The summed E-state index contributed by atoms with van der Waals surface area (Å²) in [6.45, 7) is 3.66. The highest BCUT2D eigenvalue weighted by Gasteiger charge is 2.40. The number of halogens is 2. The number of sulfone groups is 1. The summed E-state index contributed by atoms with van der Waals surface area (Å²) in [4.78, 5) is 11.1. The summed E-state index contributed by atoms with van der Waals surface area (Å²) in [5, 5.41) is 8.98. The molecular formula is C12H12Cl2O4S. The fourth-order valence-corrected chi connectivity index (χ4v) is 5.42. The average molecular weight is 323 g/mol. The standard InChI is InChI=1S/C12H12Cl2O4S/c1-12(2)3-4-19(17,18)10-7(13)5-6(11(15)16)9(14)8(10)12/h5H,3-4H2,1-2H3,(H,15,16). The maximum absolute atomic E-state index is 12.1. The molecule has 0 aromatic heterocycles. The first-order valence-electron chi connectivity index (χ1n) is 5.56. The van der Waals surface area contributed by atoms with Crippen molar-refractivity contribution in [2.24, 2.45) is 0 Å². The fraction of sp³-hybridized carbons (Fsp3) is 0.417. The van der Waals surface area contributed by atoms with Gasteiger partial charge in [0.25, 0.3) is 0 Å². The van der Waals surface area contributed by atoms with E-state index in [-0.39, 0.29) is 26.3 Å². The van der Waals surface area contributed by atoms with E-state index in [1.807, 2.05) is 13.8 Å². The van der Waals surface area contributed by atoms with E-state index in [0.717, 1.165) is 6.07 Å². The topological polar surface area (TPSA) is 71.4 Å². The minimum atomic E-state index is -3.52. The first-order valence-corrected chi connectivity index (χ1v) is 7.97. The molecular weight excluding hydrogens is 311 g/mol. The van der Waals surface area contributed by atoms with Gasteiger partial charge in [-0.05, 0) is 23.5 Å². The lowest BCUT2D eigenvalue weighted by atomic mass is 9.81. The van der Waals surface area contributed by atoms with Crippen molar-refractivity contribution < 1.29 is 18.3 Å². The zero-order chi connectivity index (χ0) is 14.6. The van der Waals surface area contributed by atoms with Crippen LogP contribution < -0.4 is 0 Å². The molecule has 1 aliphatic heterocycles. The number of carboxylic acids is 1. The Balaban J connectivity index is 2.96. The van der Waals surface area contributed by atoms with Gasteiger partial charge in [-0.3, -0.25) is 0 Å². The van der Waals surface area contributed by atoms with Gasteiger partial charge in [-0.1, -0.05) is 37.0 Å². The second-order valence-corrected chi connectivity index (χ2v) is 8.01. The Morgan fingerprint density at radius 2 is 1.95 bits per heavy atom. The molecule has 0 saturated heterocycles. The molecule has 7 heteroatoms. The van der Waals surface area contributed by atoms with Gasteiger partial charge in [0.2, 0.25) is 0 Å². The van der Waals surface area contributed by atoms with Gasteiger partial charge in [0.05, 0.1) is 26.3 Å². The second-order valence-electron chi connectivity index (χ2n) is 5.18. The third-order valence-electron chi connectivity index (χ3n) is 3.38. The normalized spacial score (nSPS) is 19.8. The molecule has 0 aliphatic carbocycles. The Morgan fingerprint density at radius 3 is 2.47 bits per heavy atom. The van der Waals surface area contributed by atoms with Crippen LogP contribution in [0.2, 0.25) is 10.0 Å². The maximum Gasteiger partial charge on any atom is 0.337 e. The van der Waals surface area contributed by atoms with Gasteiger partial charge in [-0.2, -0.15) is 0 Å². The maximum atomic E-state index is 12.1. The Hall–Kier alpha value is -0.780. The summed E-state index contributed by atoms with van der Waals surface area (Å²) in [5.41, 5.74) is -0.395. The van der Waals surface area contributed by atoms with Gasteiger partial charge in [-0.25, -0.2) is 13.2 Å². The average Bonchev–Trinajstić information content (AvgIpc) is 2.26. The van der Waals surface area contributed by atoms with Crippen molar-refractivity contribution in [2.75, 3.05) is 5.75 Å². The van der Waals surface area contributed by atoms with E-state index in [9.17, 15) is 13.2 Å². The van der Waals surface area contributed by atoms with Crippen LogP contribution in [0.3, 0.4) is 0 Å². The summed E-state index contributed by atoms with van der Waals surface area (Å²) in [6.07, 6.45) is 0.376.